The molecule has 0 aromatic heterocycles. The lowest BCUT2D eigenvalue weighted by molar-refractivity contribution is -0.159. The first-order valence-electron chi connectivity index (χ1n) is 12.9. The van der Waals surface area contributed by atoms with Crippen molar-refractivity contribution in [3.05, 3.63) is 0 Å². The molecule has 4 nitrogen and oxygen atoms in total. The Labute approximate surface area is 198 Å². The van der Waals surface area contributed by atoms with Gasteiger partial charge in [0.05, 0.1) is 0 Å². The van der Waals surface area contributed by atoms with Crippen LogP contribution in [0.5, 0.6) is 0 Å². The van der Waals surface area contributed by atoms with Gasteiger partial charge < -0.3 is 10.1 Å². The zero-order valence-electron chi connectivity index (χ0n) is 21.2. The van der Waals surface area contributed by atoms with Crippen LogP contribution in [0.25, 0.3) is 0 Å². The minimum absolute atomic E-state index is 0.101. The van der Waals surface area contributed by atoms with Crippen molar-refractivity contribution in [2.75, 3.05) is 0 Å². The molecule has 5 heteroatoms. The number of ether oxygens (including phenoxy) is 1. The number of carbonyl (C=O) groups excluding carboxylic acids is 2. The molecule has 0 radical (unpaired) electrons. The van der Waals surface area contributed by atoms with Gasteiger partial charge in [-0.05, 0) is 78.0 Å². The van der Waals surface area contributed by atoms with Crippen LogP contribution < -0.4 is 5.32 Å². The lowest BCUT2D eigenvalue weighted by Gasteiger charge is -2.35. The summed E-state index contributed by atoms with van der Waals surface area (Å²) in [5.74, 6) is 3.24. The summed E-state index contributed by atoms with van der Waals surface area (Å²) < 4.78 is 5.51. The molecule has 1 N–H and O–H groups in total. The van der Waals surface area contributed by atoms with E-state index in [2.05, 4.69) is 16.9 Å². The predicted molar refractivity (Wildman–Crippen MR) is 135 cm³/mol. The second-order valence-electron chi connectivity index (χ2n) is 11.1. The van der Waals surface area contributed by atoms with Crippen molar-refractivity contribution in [1.82, 2.24) is 5.32 Å². The number of rotatable bonds is 8. The highest BCUT2D eigenvalue weighted by molar-refractivity contribution is 7.64. The Bertz CT molecular complexity index is 628. The highest BCUT2D eigenvalue weighted by Gasteiger charge is 2.30. The number of nitrogens with one attached hydrogen (secondary N) is 1. The van der Waals surface area contributed by atoms with Crippen molar-refractivity contribution in [2.24, 2.45) is 5.92 Å². The average molecular weight is 464 g/mol. The van der Waals surface area contributed by atoms with Crippen molar-refractivity contribution in [3.63, 3.8) is 0 Å². The molecule has 0 bridgehead atoms. The quantitative estimate of drug-likeness (QED) is 0.246. The number of carbonyl (C=O) groups is 2. The average Bonchev–Trinajstić information content (AvgIpc) is 2.73. The van der Waals surface area contributed by atoms with Crippen molar-refractivity contribution >= 4 is 19.8 Å². The third-order valence-corrected chi connectivity index (χ3v) is 9.38. The van der Waals surface area contributed by atoms with Gasteiger partial charge in [-0.3, -0.25) is 4.79 Å². The molecule has 2 rings (SSSR count). The Morgan fingerprint density at radius 1 is 0.969 bits per heavy atom. The molecule has 0 aromatic carbocycles. The number of hydrogen-bond acceptors (Lipinski definition) is 3. The van der Waals surface area contributed by atoms with Crippen LogP contribution in [0.4, 0.5) is 0 Å². The molecule has 0 unspecified atom stereocenters. The molecule has 2 aliphatic rings. The van der Waals surface area contributed by atoms with Crippen LogP contribution in [0.3, 0.4) is 0 Å². The maximum Gasteiger partial charge on any atom is 0.329 e. The molecule has 1 atom stereocenters. The van der Waals surface area contributed by atoms with Crippen LogP contribution in [0.15, 0.2) is 0 Å². The maximum absolute atomic E-state index is 12.6. The minimum Gasteiger partial charge on any atom is -0.458 e. The smallest absolute Gasteiger partial charge is 0.329 e. The van der Waals surface area contributed by atoms with Gasteiger partial charge in [0.1, 0.15) is 11.6 Å². The van der Waals surface area contributed by atoms with Gasteiger partial charge in [-0.2, -0.15) is 0 Å². The van der Waals surface area contributed by atoms with Crippen molar-refractivity contribution in [3.8, 4) is 11.6 Å². The third kappa shape index (κ3) is 10.2. The third-order valence-electron chi connectivity index (χ3n) is 6.36. The fourth-order valence-electron chi connectivity index (χ4n) is 4.85. The zero-order chi connectivity index (χ0) is 23.6. The SMILES string of the molecule is CC(C)C[C@H](NC(=O)CCC#CP(C1CCCCC1)C1CCCCC1)C(=O)OC(C)(C)C. The first kappa shape index (κ1) is 27.2. The monoisotopic (exact) mass is 463 g/mol. The fourth-order valence-corrected chi connectivity index (χ4v) is 7.95. The van der Waals surface area contributed by atoms with E-state index in [9.17, 15) is 9.59 Å². The van der Waals surface area contributed by atoms with Gasteiger partial charge in [0.15, 0.2) is 0 Å². The van der Waals surface area contributed by atoms with E-state index in [4.69, 9.17) is 4.74 Å². The molecule has 0 spiro atoms. The Balaban J connectivity index is 1.91. The van der Waals surface area contributed by atoms with Crippen LogP contribution >= 0.6 is 7.92 Å². The van der Waals surface area contributed by atoms with Crippen LogP contribution in [0, 0.1) is 17.5 Å². The highest BCUT2D eigenvalue weighted by Crippen LogP contribution is 2.54. The summed E-state index contributed by atoms with van der Waals surface area (Å²) in [6, 6.07) is -0.587. The predicted octanol–water partition coefficient (Wildman–Crippen LogP) is 6.75. The van der Waals surface area contributed by atoms with Gasteiger partial charge in [0, 0.05) is 12.8 Å². The molecule has 2 aliphatic carbocycles. The van der Waals surface area contributed by atoms with E-state index in [-0.39, 0.29) is 19.8 Å². The Hall–Kier alpha value is -1.07. The van der Waals surface area contributed by atoms with Gasteiger partial charge >= 0.3 is 5.97 Å². The molecule has 1 amide bonds. The lowest BCUT2D eigenvalue weighted by Crippen LogP contribution is -2.44. The summed E-state index contributed by atoms with van der Waals surface area (Å²) in [4.78, 5) is 25.1. The van der Waals surface area contributed by atoms with E-state index in [1.165, 1.54) is 64.2 Å². The number of amides is 1. The Morgan fingerprint density at radius 3 is 1.97 bits per heavy atom. The Kier molecular flexibility index (Phi) is 11.5. The second kappa shape index (κ2) is 13.6. The summed E-state index contributed by atoms with van der Waals surface area (Å²) >= 11 is 0. The standard InChI is InChI=1S/C27H46NO3P/c1-21(2)20-24(26(30)31-27(3,4)5)28-25(29)18-12-13-19-32(22-14-8-6-9-15-22)23-16-10-7-11-17-23/h21-24H,6-12,14-18,20H2,1-5H3,(H,28,29)/t24-/m0/s1. The molecule has 2 saturated carbocycles. The maximum atomic E-state index is 12.6. The minimum atomic E-state index is -0.587. The van der Waals surface area contributed by atoms with Gasteiger partial charge in [-0.25, -0.2) is 4.79 Å². The first-order valence-corrected chi connectivity index (χ1v) is 14.4. The number of hydrogen-bond donors (Lipinski definition) is 1. The van der Waals surface area contributed by atoms with Gasteiger partial charge in [0.2, 0.25) is 5.91 Å². The largest absolute Gasteiger partial charge is 0.458 e. The Morgan fingerprint density at radius 2 is 1.50 bits per heavy atom. The summed E-state index contributed by atoms with van der Waals surface area (Å²) in [6.07, 6.45) is 15.1. The van der Waals surface area contributed by atoms with Crippen LogP contribution in [-0.4, -0.2) is 34.8 Å². The van der Waals surface area contributed by atoms with Crippen LogP contribution in [0.2, 0.25) is 0 Å². The van der Waals surface area contributed by atoms with Crippen molar-refractivity contribution in [1.29, 1.82) is 0 Å². The molecule has 0 heterocycles. The fraction of sp³-hybridized carbons (Fsp3) is 0.852. The zero-order valence-corrected chi connectivity index (χ0v) is 22.1. The second-order valence-corrected chi connectivity index (χ2v) is 13.6. The van der Waals surface area contributed by atoms with Crippen LogP contribution in [-0.2, 0) is 14.3 Å². The molecule has 0 aliphatic heterocycles. The topological polar surface area (TPSA) is 55.4 Å². The molecule has 182 valence electrons. The van der Waals surface area contributed by atoms with E-state index in [0.29, 0.717) is 25.2 Å². The van der Waals surface area contributed by atoms with E-state index in [1.807, 2.05) is 34.6 Å². The molecule has 32 heavy (non-hydrogen) atoms. The van der Waals surface area contributed by atoms with E-state index < -0.39 is 11.6 Å². The first-order chi connectivity index (χ1) is 15.2. The van der Waals surface area contributed by atoms with Gasteiger partial charge in [-0.1, -0.05) is 64.0 Å². The van der Waals surface area contributed by atoms with Gasteiger partial charge in [0.25, 0.3) is 0 Å². The summed E-state index contributed by atoms with van der Waals surface area (Å²) in [5.41, 5.74) is 4.76. The van der Waals surface area contributed by atoms with Crippen molar-refractivity contribution in [2.45, 2.75) is 141 Å². The van der Waals surface area contributed by atoms with Crippen molar-refractivity contribution < 1.29 is 14.3 Å². The summed E-state index contributed by atoms with van der Waals surface area (Å²) in [7, 11) is -0.249. The van der Waals surface area contributed by atoms with E-state index in [1.54, 1.807) is 0 Å². The molecule has 0 aromatic rings. The van der Waals surface area contributed by atoms with E-state index in [0.717, 1.165) is 11.3 Å². The van der Waals surface area contributed by atoms with E-state index >= 15 is 0 Å². The summed E-state index contributed by atoms with van der Waals surface area (Å²) in [6.45, 7) is 9.66. The normalized spacial score (nSPS) is 19.3. The molecule has 0 saturated heterocycles. The highest BCUT2D eigenvalue weighted by atomic mass is 31.1. The van der Waals surface area contributed by atoms with Crippen LogP contribution in [0.1, 0.15) is 118 Å². The molecular weight excluding hydrogens is 417 g/mol. The van der Waals surface area contributed by atoms with Gasteiger partial charge in [-0.15, -0.1) is 0 Å². The number of esters is 1. The molecular formula is C27H46NO3P. The molecule has 2 fully saturated rings. The summed E-state index contributed by atoms with van der Waals surface area (Å²) in [5, 5.41) is 2.91. The lowest BCUT2D eigenvalue weighted by atomic mass is 9.99.